The molecule has 3 heterocycles. The van der Waals surface area contributed by atoms with Gasteiger partial charge >= 0.3 is 0 Å². The van der Waals surface area contributed by atoms with Gasteiger partial charge in [-0.25, -0.2) is 14.5 Å². The van der Waals surface area contributed by atoms with E-state index in [2.05, 4.69) is 43.1 Å². The molecule has 0 atom stereocenters. The molecular weight excluding hydrogens is 422 g/mol. The summed E-state index contributed by atoms with van der Waals surface area (Å²) in [4.78, 5) is 13.2. The first kappa shape index (κ1) is 20.2. The molecule has 0 aliphatic heterocycles. The molecule has 6 aromatic rings. The molecule has 1 N–H and O–H groups in total. The van der Waals surface area contributed by atoms with Crippen molar-refractivity contribution in [2.75, 3.05) is 7.11 Å². The van der Waals surface area contributed by atoms with Gasteiger partial charge in [-0.3, -0.25) is 0 Å². The van der Waals surface area contributed by atoms with E-state index in [9.17, 15) is 0 Å². The number of rotatable bonds is 4. The maximum Gasteiger partial charge on any atom is 0.157 e. The van der Waals surface area contributed by atoms with Crippen LogP contribution < -0.4 is 4.74 Å². The highest BCUT2D eigenvalue weighted by atomic mass is 16.5. The third kappa shape index (κ3) is 3.40. The summed E-state index contributed by atoms with van der Waals surface area (Å²) in [6.45, 7) is 4.21. The number of H-pyrrole nitrogens is 1. The van der Waals surface area contributed by atoms with E-state index in [1.165, 1.54) is 11.1 Å². The molecule has 0 bridgehead atoms. The summed E-state index contributed by atoms with van der Waals surface area (Å²) in [7, 11) is 1.67. The highest BCUT2D eigenvalue weighted by Gasteiger charge is 2.16. The number of fused-ring (bicyclic) bond motifs is 2. The van der Waals surface area contributed by atoms with Gasteiger partial charge in [-0.15, -0.1) is 0 Å². The summed E-state index contributed by atoms with van der Waals surface area (Å²) in [6, 6.07) is 26.4. The lowest BCUT2D eigenvalue weighted by Gasteiger charge is -2.08. The Morgan fingerprint density at radius 3 is 2.29 bits per heavy atom. The number of imidazole rings is 1. The minimum Gasteiger partial charge on any atom is -0.497 e. The lowest BCUT2D eigenvalue weighted by atomic mass is 10.1. The fourth-order valence-corrected chi connectivity index (χ4v) is 4.20. The maximum atomic E-state index is 5.35. The molecule has 0 unspecified atom stereocenters. The van der Waals surface area contributed by atoms with Crippen LogP contribution in [0.1, 0.15) is 11.1 Å². The first-order valence-corrected chi connectivity index (χ1v) is 11.2. The second-order valence-corrected chi connectivity index (χ2v) is 8.46. The monoisotopic (exact) mass is 445 g/mol. The number of aryl methyl sites for hydroxylation is 2. The van der Waals surface area contributed by atoms with E-state index in [4.69, 9.17) is 19.8 Å². The number of hydrogen-bond acceptors (Lipinski definition) is 4. The number of hydrogen-bond donors (Lipinski definition) is 1. The van der Waals surface area contributed by atoms with Gasteiger partial charge in [0.1, 0.15) is 11.4 Å². The average Bonchev–Trinajstić information content (AvgIpc) is 3.48. The van der Waals surface area contributed by atoms with Gasteiger partial charge in [0.15, 0.2) is 11.5 Å². The van der Waals surface area contributed by atoms with Crippen LogP contribution in [-0.4, -0.2) is 31.7 Å². The smallest absolute Gasteiger partial charge is 0.157 e. The molecule has 6 heteroatoms. The van der Waals surface area contributed by atoms with Crippen molar-refractivity contribution < 1.29 is 4.74 Å². The molecule has 0 saturated heterocycles. The summed E-state index contributed by atoms with van der Waals surface area (Å²) in [6.07, 6.45) is 0. The molecule has 3 aromatic heterocycles. The molecule has 3 aromatic carbocycles. The van der Waals surface area contributed by atoms with Crippen molar-refractivity contribution in [3.05, 3.63) is 90.0 Å². The van der Waals surface area contributed by atoms with Crippen molar-refractivity contribution in [1.29, 1.82) is 0 Å². The molecule has 0 saturated carbocycles. The van der Waals surface area contributed by atoms with Crippen LogP contribution in [0.4, 0.5) is 0 Å². The van der Waals surface area contributed by atoms with Gasteiger partial charge in [-0.1, -0.05) is 30.3 Å². The number of nitrogens with one attached hydrogen (secondary N) is 1. The topological polar surface area (TPSA) is 68.1 Å². The van der Waals surface area contributed by atoms with E-state index >= 15 is 0 Å². The van der Waals surface area contributed by atoms with Crippen molar-refractivity contribution in [3.63, 3.8) is 0 Å². The van der Waals surface area contributed by atoms with E-state index < -0.39 is 0 Å². The Morgan fingerprint density at radius 2 is 1.53 bits per heavy atom. The number of ether oxygens (including phenoxy) is 1. The molecule has 0 radical (unpaired) electrons. The number of aromatic nitrogens is 5. The van der Waals surface area contributed by atoms with E-state index in [-0.39, 0.29) is 0 Å². The van der Waals surface area contributed by atoms with Crippen LogP contribution in [0.3, 0.4) is 0 Å². The highest BCUT2D eigenvalue weighted by Crippen LogP contribution is 2.30. The average molecular weight is 446 g/mol. The van der Waals surface area contributed by atoms with Gasteiger partial charge in [0.05, 0.1) is 29.5 Å². The van der Waals surface area contributed by atoms with Gasteiger partial charge in [-0.2, -0.15) is 5.10 Å². The third-order valence-corrected chi connectivity index (χ3v) is 6.22. The fraction of sp³-hybridized carbons (Fsp3) is 0.107. The Bertz CT molecular complexity index is 1610. The third-order valence-electron chi connectivity index (χ3n) is 6.22. The predicted molar refractivity (Wildman–Crippen MR) is 135 cm³/mol. The number of aromatic amines is 1. The quantitative estimate of drug-likeness (QED) is 0.349. The van der Waals surface area contributed by atoms with Crippen LogP contribution >= 0.6 is 0 Å². The fourth-order valence-electron chi connectivity index (χ4n) is 4.20. The van der Waals surface area contributed by atoms with Crippen LogP contribution in [-0.2, 0) is 0 Å². The van der Waals surface area contributed by atoms with Gasteiger partial charge in [0, 0.05) is 17.2 Å². The lowest BCUT2D eigenvalue weighted by Crippen LogP contribution is -1.99. The van der Waals surface area contributed by atoms with Gasteiger partial charge in [0.25, 0.3) is 0 Å². The van der Waals surface area contributed by atoms with Gasteiger partial charge in [0.2, 0.25) is 0 Å². The molecule has 166 valence electrons. The Morgan fingerprint density at radius 1 is 0.765 bits per heavy atom. The second-order valence-electron chi connectivity index (χ2n) is 8.46. The molecule has 6 rings (SSSR count). The minimum absolute atomic E-state index is 0.736. The first-order valence-electron chi connectivity index (χ1n) is 11.2. The molecule has 6 nitrogen and oxygen atoms in total. The summed E-state index contributed by atoms with van der Waals surface area (Å²) >= 11 is 0. The van der Waals surface area contributed by atoms with Gasteiger partial charge in [-0.05, 0) is 67.4 Å². The van der Waals surface area contributed by atoms with E-state index in [0.717, 1.165) is 56.5 Å². The lowest BCUT2D eigenvalue weighted by molar-refractivity contribution is 0.415. The summed E-state index contributed by atoms with van der Waals surface area (Å²) in [5.41, 5.74) is 9.77. The number of methoxy groups -OCH3 is 1. The number of benzene rings is 3. The molecule has 0 amide bonds. The SMILES string of the molecule is COc1ccc(-c2cc(-c3nc4cc(C)c(C)cc4[nH]3)nc3cc(-c4ccccc4)nn23)cc1. The largest absolute Gasteiger partial charge is 0.497 e. The van der Waals surface area contributed by atoms with Crippen molar-refractivity contribution in [2.24, 2.45) is 0 Å². The zero-order valence-corrected chi connectivity index (χ0v) is 19.2. The van der Waals surface area contributed by atoms with Crippen LogP contribution in [0, 0.1) is 13.8 Å². The van der Waals surface area contributed by atoms with Gasteiger partial charge < -0.3 is 9.72 Å². The highest BCUT2D eigenvalue weighted by molar-refractivity contribution is 5.81. The standard InChI is InChI=1S/C28H23N5O/c1-17-13-23-24(14-18(17)2)31-28(30-23)25-15-26(20-9-11-21(34-3)12-10-20)33-27(29-25)16-22(32-33)19-7-5-4-6-8-19/h4-16H,1-3H3,(H,30,31). The molecule has 0 aliphatic rings. The van der Waals surface area contributed by atoms with E-state index in [0.29, 0.717) is 0 Å². The van der Waals surface area contributed by atoms with Crippen molar-refractivity contribution >= 4 is 16.7 Å². The van der Waals surface area contributed by atoms with Crippen LogP contribution in [0.5, 0.6) is 5.75 Å². The Kier molecular flexibility index (Phi) is 4.66. The van der Waals surface area contributed by atoms with Crippen molar-refractivity contribution in [1.82, 2.24) is 24.6 Å². The second kappa shape index (κ2) is 7.85. The van der Waals surface area contributed by atoms with Crippen molar-refractivity contribution in [3.8, 4) is 39.8 Å². The zero-order valence-electron chi connectivity index (χ0n) is 19.2. The minimum atomic E-state index is 0.736. The van der Waals surface area contributed by atoms with Crippen LogP contribution in [0.15, 0.2) is 78.9 Å². The van der Waals surface area contributed by atoms with Crippen molar-refractivity contribution in [2.45, 2.75) is 13.8 Å². The molecular formula is C28H23N5O. The van der Waals surface area contributed by atoms with E-state index in [1.807, 2.05) is 59.1 Å². The summed E-state index contributed by atoms with van der Waals surface area (Å²) in [5.74, 6) is 1.54. The predicted octanol–water partition coefficient (Wildman–Crippen LogP) is 6.23. The first-order chi connectivity index (χ1) is 16.6. The maximum absolute atomic E-state index is 5.35. The number of nitrogens with zero attached hydrogens (tertiary/aromatic N) is 4. The zero-order chi connectivity index (χ0) is 23.2. The molecule has 0 spiro atoms. The van der Waals surface area contributed by atoms with Crippen LogP contribution in [0.25, 0.3) is 50.7 Å². The normalized spacial score (nSPS) is 11.4. The molecule has 0 fully saturated rings. The summed E-state index contributed by atoms with van der Waals surface area (Å²) in [5, 5.41) is 4.89. The van der Waals surface area contributed by atoms with Crippen LogP contribution in [0.2, 0.25) is 0 Å². The molecule has 0 aliphatic carbocycles. The van der Waals surface area contributed by atoms with E-state index in [1.54, 1.807) is 7.11 Å². The Hall–Kier alpha value is -4.45. The Balaban J connectivity index is 1.57. The summed E-state index contributed by atoms with van der Waals surface area (Å²) < 4.78 is 7.24. The Labute approximate surface area is 196 Å². The molecule has 34 heavy (non-hydrogen) atoms.